The van der Waals surface area contributed by atoms with Crippen molar-refractivity contribution in [1.29, 1.82) is 0 Å². The van der Waals surface area contributed by atoms with Crippen LogP contribution in [0, 0.1) is 0 Å². The molecule has 1 aliphatic rings. The smallest absolute Gasteiger partial charge is 0.335 e. The van der Waals surface area contributed by atoms with Crippen LogP contribution in [0.5, 0.6) is 5.75 Å². The number of urea groups is 1. The van der Waals surface area contributed by atoms with E-state index in [9.17, 15) is 14.4 Å². The number of imide groups is 2. The predicted octanol–water partition coefficient (Wildman–Crippen LogP) is 4.17. The molecule has 0 unspecified atom stereocenters. The Morgan fingerprint density at radius 1 is 0.966 bits per heavy atom. The van der Waals surface area contributed by atoms with Crippen LogP contribution in [0.1, 0.15) is 5.56 Å². The maximum Gasteiger partial charge on any atom is 0.335 e. The van der Waals surface area contributed by atoms with E-state index in [-0.39, 0.29) is 5.57 Å². The second-order valence-electron chi connectivity index (χ2n) is 6.34. The standard InChI is InChI=1S/C22H15ClN2O4/c1-29-19-11-6-13-4-2-3-5-16(13)17(19)12-18-20(26)24-22(28)25(21(18)27)15-9-7-14(23)8-10-15/h2-12H,1H3,(H,24,26,28)/b18-12-. The average Bonchev–Trinajstić information content (AvgIpc) is 2.72. The number of hydrogen-bond donors (Lipinski definition) is 1. The average molecular weight is 407 g/mol. The number of ether oxygens (including phenoxy) is 1. The van der Waals surface area contributed by atoms with Crippen molar-refractivity contribution in [3.63, 3.8) is 0 Å². The van der Waals surface area contributed by atoms with E-state index in [1.165, 1.54) is 25.3 Å². The van der Waals surface area contributed by atoms with E-state index in [1.54, 1.807) is 18.2 Å². The molecule has 0 radical (unpaired) electrons. The van der Waals surface area contributed by atoms with Crippen molar-refractivity contribution in [2.45, 2.75) is 0 Å². The van der Waals surface area contributed by atoms with Crippen LogP contribution in [0.15, 0.2) is 66.2 Å². The van der Waals surface area contributed by atoms with E-state index in [0.29, 0.717) is 22.0 Å². The van der Waals surface area contributed by atoms with E-state index in [4.69, 9.17) is 16.3 Å². The van der Waals surface area contributed by atoms with Gasteiger partial charge in [0.2, 0.25) is 0 Å². The first-order valence-corrected chi connectivity index (χ1v) is 9.10. The fourth-order valence-corrected chi connectivity index (χ4v) is 3.35. The van der Waals surface area contributed by atoms with Crippen LogP contribution in [-0.2, 0) is 9.59 Å². The number of barbiturate groups is 1. The number of nitrogens with zero attached hydrogens (tertiary/aromatic N) is 1. The second-order valence-corrected chi connectivity index (χ2v) is 6.77. The zero-order valence-electron chi connectivity index (χ0n) is 15.3. The van der Waals surface area contributed by atoms with Gasteiger partial charge >= 0.3 is 6.03 Å². The molecule has 0 saturated carbocycles. The number of anilines is 1. The molecule has 6 nitrogen and oxygen atoms in total. The minimum Gasteiger partial charge on any atom is -0.496 e. The fourth-order valence-electron chi connectivity index (χ4n) is 3.23. The summed E-state index contributed by atoms with van der Waals surface area (Å²) >= 11 is 5.89. The molecule has 4 rings (SSSR count). The van der Waals surface area contributed by atoms with Crippen molar-refractivity contribution in [1.82, 2.24) is 5.32 Å². The first kappa shape index (κ1) is 18.7. The number of fused-ring (bicyclic) bond motifs is 1. The Labute approximate surface area is 171 Å². The largest absolute Gasteiger partial charge is 0.496 e. The zero-order valence-corrected chi connectivity index (χ0v) is 16.1. The Hall–Kier alpha value is -3.64. The topological polar surface area (TPSA) is 75.7 Å². The number of benzene rings is 3. The molecule has 1 fully saturated rings. The van der Waals surface area contributed by atoms with Gasteiger partial charge in [-0.05, 0) is 47.2 Å². The summed E-state index contributed by atoms with van der Waals surface area (Å²) in [5.74, 6) is -0.983. The summed E-state index contributed by atoms with van der Waals surface area (Å²) in [6.45, 7) is 0. The summed E-state index contributed by atoms with van der Waals surface area (Å²) in [5.41, 5.74) is 0.712. The van der Waals surface area contributed by atoms with Crippen molar-refractivity contribution in [2.24, 2.45) is 0 Å². The molecule has 1 heterocycles. The number of nitrogens with one attached hydrogen (secondary N) is 1. The Kier molecular flexibility index (Phi) is 4.78. The number of carbonyl (C=O) groups excluding carboxylic acids is 3. The molecule has 0 aliphatic carbocycles. The Bertz CT molecular complexity index is 1190. The van der Waals surface area contributed by atoms with Crippen LogP contribution in [0.2, 0.25) is 5.02 Å². The Balaban J connectivity index is 1.86. The van der Waals surface area contributed by atoms with E-state index in [1.807, 2.05) is 30.3 Å². The summed E-state index contributed by atoms with van der Waals surface area (Å²) in [5, 5.41) is 4.42. The van der Waals surface area contributed by atoms with Crippen LogP contribution < -0.4 is 15.0 Å². The van der Waals surface area contributed by atoms with Crippen molar-refractivity contribution < 1.29 is 19.1 Å². The quantitative estimate of drug-likeness (QED) is 0.523. The lowest BCUT2D eigenvalue weighted by molar-refractivity contribution is -0.122. The first-order valence-electron chi connectivity index (χ1n) is 8.72. The minimum atomic E-state index is -0.815. The molecule has 0 spiro atoms. The molecule has 1 N–H and O–H groups in total. The lowest BCUT2D eigenvalue weighted by Crippen LogP contribution is -2.54. The third-order valence-corrected chi connectivity index (χ3v) is 4.88. The molecule has 1 saturated heterocycles. The number of hydrogen-bond acceptors (Lipinski definition) is 4. The molecular formula is C22H15ClN2O4. The van der Waals surface area contributed by atoms with Gasteiger partial charge in [-0.3, -0.25) is 14.9 Å². The number of rotatable bonds is 3. The van der Waals surface area contributed by atoms with Crippen LogP contribution in [0.25, 0.3) is 16.8 Å². The third kappa shape index (κ3) is 3.34. The molecule has 3 aromatic rings. The van der Waals surface area contributed by atoms with Crippen LogP contribution in [0.4, 0.5) is 10.5 Å². The van der Waals surface area contributed by atoms with Gasteiger partial charge < -0.3 is 4.74 Å². The van der Waals surface area contributed by atoms with Gasteiger partial charge in [-0.15, -0.1) is 0 Å². The highest BCUT2D eigenvalue weighted by Crippen LogP contribution is 2.31. The highest BCUT2D eigenvalue weighted by molar-refractivity contribution is 6.39. The maximum absolute atomic E-state index is 13.1. The number of amides is 4. The van der Waals surface area contributed by atoms with Crippen LogP contribution >= 0.6 is 11.6 Å². The van der Waals surface area contributed by atoms with E-state index in [0.717, 1.165) is 15.7 Å². The van der Waals surface area contributed by atoms with Gasteiger partial charge in [0.05, 0.1) is 12.8 Å². The Morgan fingerprint density at radius 3 is 2.41 bits per heavy atom. The summed E-state index contributed by atoms with van der Waals surface area (Å²) < 4.78 is 5.43. The van der Waals surface area contributed by atoms with Gasteiger partial charge in [0.15, 0.2) is 0 Å². The minimum absolute atomic E-state index is 0.172. The SMILES string of the molecule is COc1ccc2ccccc2c1/C=C1/C(=O)NC(=O)N(c2ccc(Cl)cc2)C1=O. The fraction of sp³-hybridized carbons (Fsp3) is 0.0455. The van der Waals surface area contributed by atoms with Gasteiger partial charge in [0.1, 0.15) is 11.3 Å². The molecule has 0 atom stereocenters. The zero-order chi connectivity index (χ0) is 20.5. The summed E-state index contributed by atoms with van der Waals surface area (Å²) in [6.07, 6.45) is 1.45. The molecule has 29 heavy (non-hydrogen) atoms. The number of carbonyl (C=O) groups is 3. The summed E-state index contributed by atoms with van der Waals surface area (Å²) in [6, 6.07) is 16.6. The molecule has 4 amide bonds. The number of methoxy groups -OCH3 is 1. The molecule has 1 aliphatic heterocycles. The third-order valence-electron chi connectivity index (χ3n) is 4.63. The normalized spacial score (nSPS) is 15.7. The molecule has 144 valence electrons. The molecule has 0 aromatic heterocycles. The van der Waals surface area contributed by atoms with E-state index in [2.05, 4.69) is 5.32 Å². The van der Waals surface area contributed by atoms with E-state index < -0.39 is 17.8 Å². The summed E-state index contributed by atoms with van der Waals surface area (Å²) in [7, 11) is 1.51. The monoisotopic (exact) mass is 406 g/mol. The lowest BCUT2D eigenvalue weighted by Gasteiger charge is -2.26. The first-order chi connectivity index (χ1) is 14.0. The molecule has 7 heteroatoms. The van der Waals surface area contributed by atoms with Crippen molar-refractivity contribution >= 4 is 52.0 Å². The van der Waals surface area contributed by atoms with Crippen molar-refractivity contribution in [2.75, 3.05) is 12.0 Å². The predicted molar refractivity (Wildman–Crippen MR) is 111 cm³/mol. The molecule has 3 aromatic carbocycles. The summed E-state index contributed by atoms with van der Waals surface area (Å²) in [4.78, 5) is 38.8. The van der Waals surface area contributed by atoms with Gasteiger partial charge in [0, 0.05) is 10.6 Å². The highest BCUT2D eigenvalue weighted by Gasteiger charge is 2.37. The van der Waals surface area contributed by atoms with Crippen molar-refractivity contribution in [3.05, 3.63) is 76.8 Å². The second kappa shape index (κ2) is 7.41. The van der Waals surface area contributed by atoms with E-state index >= 15 is 0 Å². The lowest BCUT2D eigenvalue weighted by atomic mass is 9.99. The highest BCUT2D eigenvalue weighted by atomic mass is 35.5. The van der Waals surface area contributed by atoms with Crippen molar-refractivity contribution in [3.8, 4) is 5.75 Å². The van der Waals surface area contributed by atoms with Crippen LogP contribution in [0.3, 0.4) is 0 Å². The van der Waals surface area contributed by atoms with Gasteiger partial charge in [-0.2, -0.15) is 0 Å². The maximum atomic E-state index is 13.1. The van der Waals surface area contributed by atoms with Gasteiger partial charge in [-0.1, -0.05) is 41.9 Å². The Morgan fingerprint density at radius 2 is 1.69 bits per heavy atom. The van der Waals surface area contributed by atoms with Gasteiger partial charge in [-0.25, -0.2) is 9.69 Å². The van der Waals surface area contributed by atoms with Gasteiger partial charge in [0.25, 0.3) is 11.8 Å². The molecular weight excluding hydrogens is 392 g/mol. The number of halogens is 1. The molecule has 0 bridgehead atoms. The van der Waals surface area contributed by atoms with Crippen LogP contribution in [-0.4, -0.2) is 25.0 Å².